The van der Waals surface area contributed by atoms with Crippen molar-refractivity contribution in [2.24, 2.45) is 0 Å². The Balaban J connectivity index is 1.67. The van der Waals surface area contributed by atoms with Gasteiger partial charge in [0.2, 0.25) is 0 Å². The molecule has 0 radical (unpaired) electrons. The number of amides is 1. The van der Waals surface area contributed by atoms with Crippen molar-refractivity contribution in [2.75, 3.05) is 13.1 Å². The van der Waals surface area contributed by atoms with Gasteiger partial charge in [0, 0.05) is 30.2 Å². The smallest absolute Gasteiger partial charge is 0.410 e. The maximum Gasteiger partial charge on any atom is 0.410 e. The SMILES string of the molecule is CC(C)(C)OC(=O)N1CCC(c2c[nH]c3cc(F)ccc23)CC1. The van der Waals surface area contributed by atoms with E-state index < -0.39 is 5.60 Å². The van der Waals surface area contributed by atoms with Crippen LogP contribution >= 0.6 is 0 Å². The van der Waals surface area contributed by atoms with E-state index in [-0.39, 0.29) is 11.9 Å². The van der Waals surface area contributed by atoms with Crippen LogP contribution in [0.5, 0.6) is 0 Å². The third-order valence-electron chi connectivity index (χ3n) is 4.26. The fraction of sp³-hybridized carbons (Fsp3) is 0.500. The van der Waals surface area contributed by atoms with E-state index >= 15 is 0 Å². The van der Waals surface area contributed by atoms with Crippen LogP contribution in [0.1, 0.15) is 45.1 Å². The second-order valence-corrected chi connectivity index (χ2v) is 7.18. The molecule has 2 heterocycles. The van der Waals surface area contributed by atoms with Gasteiger partial charge in [-0.25, -0.2) is 9.18 Å². The van der Waals surface area contributed by atoms with Gasteiger partial charge >= 0.3 is 6.09 Å². The lowest BCUT2D eigenvalue weighted by atomic mass is 9.89. The first-order valence-electron chi connectivity index (χ1n) is 8.08. The molecule has 0 spiro atoms. The molecule has 1 saturated heterocycles. The van der Waals surface area contributed by atoms with E-state index in [2.05, 4.69) is 4.98 Å². The number of halogens is 1. The highest BCUT2D eigenvalue weighted by Crippen LogP contribution is 2.33. The van der Waals surface area contributed by atoms with Gasteiger partial charge in [0.05, 0.1) is 0 Å². The standard InChI is InChI=1S/C18H23FN2O2/c1-18(2,3)23-17(22)21-8-6-12(7-9-21)15-11-20-16-10-13(19)4-5-14(15)16/h4-5,10-12,20H,6-9H2,1-3H3. The topological polar surface area (TPSA) is 45.3 Å². The van der Waals surface area contributed by atoms with Gasteiger partial charge < -0.3 is 14.6 Å². The van der Waals surface area contributed by atoms with Crippen molar-refractivity contribution >= 4 is 17.0 Å². The summed E-state index contributed by atoms with van der Waals surface area (Å²) in [5.41, 5.74) is 1.58. The first-order chi connectivity index (χ1) is 10.8. The number of hydrogen-bond donors (Lipinski definition) is 1. The summed E-state index contributed by atoms with van der Waals surface area (Å²) in [4.78, 5) is 17.0. The highest BCUT2D eigenvalue weighted by atomic mass is 19.1. The first-order valence-corrected chi connectivity index (χ1v) is 8.08. The van der Waals surface area contributed by atoms with E-state index in [4.69, 9.17) is 4.74 Å². The minimum absolute atomic E-state index is 0.231. The number of likely N-dealkylation sites (tertiary alicyclic amines) is 1. The Morgan fingerprint density at radius 2 is 2.00 bits per heavy atom. The van der Waals surface area contributed by atoms with Crippen LogP contribution in [0.25, 0.3) is 10.9 Å². The number of ether oxygens (including phenoxy) is 1. The number of rotatable bonds is 1. The molecule has 23 heavy (non-hydrogen) atoms. The molecule has 3 rings (SSSR count). The molecule has 0 atom stereocenters. The molecule has 0 aliphatic carbocycles. The van der Waals surface area contributed by atoms with Crippen LogP contribution in [0.2, 0.25) is 0 Å². The molecule has 0 unspecified atom stereocenters. The number of H-pyrrole nitrogens is 1. The Bertz CT molecular complexity index is 709. The Labute approximate surface area is 135 Å². The molecule has 1 aliphatic heterocycles. The summed E-state index contributed by atoms with van der Waals surface area (Å²) >= 11 is 0. The molecule has 1 aromatic carbocycles. The Kier molecular flexibility index (Phi) is 4.04. The second-order valence-electron chi connectivity index (χ2n) is 7.18. The zero-order chi connectivity index (χ0) is 16.6. The molecule has 5 heteroatoms. The molecule has 1 aliphatic rings. The normalized spacial score (nSPS) is 16.8. The summed E-state index contributed by atoms with van der Waals surface area (Å²) in [7, 11) is 0. The fourth-order valence-corrected chi connectivity index (χ4v) is 3.16. The molecular weight excluding hydrogens is 295 g/mol. The van der Waals surface area contributed by atoms with E-state index in [0.717, 1.165) is 23.7 Å². The van der Waals surface area contributed by atoms with Crippen LogP contribution in [-0.4, -0.2) is 34.7 Å². The fourth-order valence-electron chi connectivity index (χ4n) is 3.16. The zero-order valence-electron chi connectivity index (χ0n) is 13.9. The molecule has 1 aromatic heterocycles. The van der Waals surface area contributed by atoms with Crippen molar-refractivity contribution in [3.8, 4) is 0 Å². The monoisotopic (exact) mass is 318 g/mol. The summed E-state index contributed by atoms with van der Waals surface area (Å²) in [5.74, 6) is 0.151. The van der Waals surface area contributed by atoms with E-state index in [1.807, 2.05) is 33.0 Å². The van der Waals surface area contributed by atoms with Crippen molar-refractivity contribution in [3.63, 3.8) is 0 Å². The predicted octanol–water partition coefficient (Wildman–Crippen LogP) is 4.42. The second kappa shape index (κ2) is 5.87. The number of nitrogens with one attached hydrogen (secondary N) is 1. The van der Waals surface area contributed by atoms with Crippen molar-refractivity contribution in [2.45, 2.75) is 45.1 Å². The minimum Gasteiger partial charge on any atom is -0.444 e. The number of hydrogen-bond acceptors (Lipinski definition) is 2. The quantitative estimate of drug-likeness (QED) is 0.846. The molecule has 0 bridgehead atoms. The van der Waals surface area contributed by atoms with Gasteiger partial charge in [-0.1, -0.05) is 0 Å². The lowest BCUT2D eigenvalue weighted by molar-refractivity contribution is 0.0205. The van der Waals surface area contributed by atoms with E-state index in [0.29, 0.717) is 19.0 Å². The molecular formula is C18H23FN2O2. The molecule has 0 saturated carbocycles. The third kappa shape index (κ3) is 3.49. The van der Waals surface area contributed by atoms with Gasteiger partial charge in [0.25, 0.3) is 0 Å². The van der Waals surface area contributed by atoms with Crippen LogP contribution < -0.4 is 0 Å². The Hall–Kier alpha value is -2.04. The molecule has 1 N–H and O–H groups in total. The van der Waals surface area contributed by atoms with Gasteiger partial charge in [0.15, 0.2) is 0 Å². The lowest BCUT2D eigenvalue weighted by Crippen LogP contribution is -2.41. The van der Waals surface area contributed by atoms with Gasteiger partial charge in [-0.05, 0) is 63.3 Å². The molecule has 124 valence electrons. The number of benzene rings is 1. The molecule has 1 amide bonds. The highest BCUT2D eigenvalue weighted by Gasteiger charge is 2.28. The van der Waals surface area contributed by atoms with Crippen LogP contribution in [0, 0.1) is 5.82 Å². The number of nitrogens with zero attached hydrogens (tertiary/aromatic N) is 1. The van der Waals surface area contributed by atoms with E-state index in [9.17, 15) is 9.18 Å². The summed E-state index contributed by atoms with van der Waals surface area (Å²) < 4.78 is 18.7. The summed E-state index contributed by atoms with van der Waals surface area (Å²) in [6.45, 7) is 7.01. The molecule has 1 fully saturated rings. The van der Waals surface area contributed by atoms with Crippen LogP contribution in [0.4, 0.5) is 9.18 Å². The predicted molar refractivity (Wildman–Crippen MR) is 88.0 cm³/mol. The average Bonchev–Trinajstić information content (AvgIpc) is 2.88. The highest BCUT2D eigenvalue weighted by molar-refractivity contribution is 5.83. The Morgan fingerprint density at radius 1 is 1.30 bits per heavy atom. The zero-order valence-corrected chi connectivity index (χ0v) is 13.9. The first kappa shape index (κ1) is 15.8. The van der Waals surface area contributed by atoms with Gasteiger partial charge in [0.1, 0.15) is 11.4 Å². The van der Waals surface area contributed by atoms with E-state index in [1.54, 1.807) is 4.90 Å². The van der Waals surface area contributed by atoms with Gasteiger partial charge in [-0.15, -0.1) is 0 Å². The minimum atomic E-state index is -0.463. The summed E-state index contributed by atoms with van der Waals surface area (Å²) in [6.07, 6.45) is 3.52. The van der Waals surface area contributed by atoms with Gasteiger partial charge in [-0.2, -0.15) is 0 Å². The van der Waals surface area contributed by atoms with Crippen molar-refractivity contribution < 1.29 is 13.9 Å². The number of aromatic amines is 1. The van der Waals surface area contributed by atoms with Crippen molar-refractivity contribution in [1.82, 2.24) is 9.88 Å². The number of aromatic nitrogens is 1. The number of carbonyl (C=O) groups is 1. The average molecular weight is 318 g/mol. The van der Waals surface area contributed by atoms with Gasteiger partial charge in [-0.3, -0.25) is 0 Å². The van der Waals surface area contributed by atoms with Crippen molar-refractivity contribution in [3.05, 3.63) is 35.8 Å². The van der Waals surface area contributed by atoms with Crippen LogP contribution in [-0.2, 0) is 4.74 Å². The largest absolute Gasteiger partial charge is 0.444 e. The summed E-state index contributed by atoms with van der Waals surface area (Å²) in [5, 5.41) is 1.07. The van der Waals surface area contributed by atoms with Crippen molar-refractivity contribution in [1.29, 1.82) is 0 Å². The Morgan fingerprint density at radius 3 is 2.65 bits per heavy atom. The van der Waals surface area contributed by atoms with Crippen LogP contribution in [0.15, 0.2) is 24.4 Å². The maximum atomic E-state index is 13.3. The number of piperidine rings is 1. The molecule has 2 aromatic rings. The summed E-state index contributed by atoms with van der Waals surface area (Å²) in [6, 6.07) is 4.85. The van der Waals surface area contributed by atoms with E-state index in [1.165, 1.54) is 17.7 Å². The number of carbonyl (C=O) groups excluding carboxylic acids is 1. The lowest BCUT2D eigenvalue weighted by Gasteiger charge is -2.33. The maximum absolute atomic E-state index is 13.3. The third-order valence-corrected chi connectivity index (χ3v) is 4.26. The number of fused-ring (bicyclic) bond motifs is 1. The van der Waals surface area contributed by atoms with Crippen LogP contribution in [0.3, 0.4) is 0 Å². The molecule has 4 nitrogen and oxygen atoms in total.